The summed E-state index contributed by atoms with van der Waals surface area (Å²) >= 11 is 0. The van der Waals surface area contributed by atoms with E-state index in [-0.39, 0.29) is 18.3 Å². The number of amides is 1. The molecule has 1 heterocycles. The number of para-hydroxylation sites is 1. The highest BCUT2D eigenvalue weighted by atomic mass is 16.3. The van der Waals surface area contributed by atoms with Crippen LogP contribution in [0.2, 0.25) is 0 Å². The minimum atomic E-state index is -0.288. The van der Waals surface area contributed by atoms with E-state index in [4.69, 9.17) is 9.52 Å². The van der Waals surface area contributed by atoms with Crippen LogP contribution in [-0.2, 0) is 12.8 Å². The Bertz CT molecular complexity index is 933. The van der Waals surface area contributed by atoms with Crippen molar-refractivity contribution in [2.24, 2.45) is 0 Å². The van der Waals surface area contributed by atoms with E-state index >= 15 is 0 Å². The van der Waals surface area contributed by atoms with Gasteiger partial charge in [0.05, 0.1) is 0 Å². The van der Waals surface area contributed by atoms with Gasteiger partial charge in [0.15, 0.2) is 5.76 Å². The molecule has 27 heavy (non-hydrogen) atoms. The van der Waals surface area contributed by atoms with Crippen LogP contribution in [0.15, 0.2) is 52.9 Å². The molecule has 0 saturated carbocycles. The molecule has 1 amide bonds. The number of hydrogen-bond donors (Lipinski definition) is 2. The topological polar surface area (TPSA) is 62.5 Å². The Morgan fingerprint density at radius 3 is 2.44 bits per heavy atom. The van der Waals surface area contributed by atoms with Crippen LogP contribution in [0.5, 0.6) is 0 Å². The fourth-order valence-corrected chi connectivity index (χ4v) is 3.42. The molecule has 3 aromatic rings. The third-order valence-corrected chi connectivity index (χ3v) is 4.72. The molecule has 0 atom stereocenters. The molecule has 0 aliphatic carbocycles. The molecular formula is C23H25NO3. The zero-order valence-corrected chi connectivity index (χ0v) is 16.0. The van der Waals surface area contributed by atoms with Crippen LogP contribution in [-0.4, -0.2) is 17.6 Å². The highest BCUT2D eigenvalue weighted by Gasteiger charge is 2.14. The first-order valence-corrected chi connectivity index (χ1v) is 9.13. The maximum absolute atomic E-state index is 12.5. The SMILES string of the molecule is Cc1cc(C)c(Cc2ccc(C(=O)Nc3ccccc3CCO)o2)c(C)c1. The van der Waals surface area contributed by atoms with Crippen molar-refractivity contribution in [3.63, 3.8) is 0 Å². The number of carbonyl (C=O) groups excluding carboxylic acids is 1. The number of nitrogens with one attached hydrogen (secondary N) is 1. The van der Waals surface area contributed by atoms with Crippen LogP contribution in [0.25, 0.3) is 0 Å². The van der Waals surface area contributed by atoms with E-state index in [2.05, 4.69) is 38.2 Å². The highest BCUT2D eigenvalue weighted by molar-refractivity contribution is 6.02. The summed E-state index contributed by atoms with van der Waals surface area (Å²) in [5.74, 6) is 0.758. The fourth-order valence-electron chi connectivity index (χ4n) is 3.42. The van der Waals surface area contributed by atoms with Gasteiger partial charge in [0.1, 0.15) is 5.76 Å². The Kier molecular flexibility index (Phi) is 5.77. The van der Waals surface area contributed by atoms with Crippen molar-refractivity contribution in [3.8, 4) is 0 Å². The van der Waals surface area contributed by atoms with E-state index in [1.54, 1.807) is 6.07 Å². The number of benzene rings is 2. The fraction of sp³-hybridized carbons (Fsp3) is 0.261. The molecule has 4 heteroatoms. The lowest BCUT2D eigenvalue weighted by Crippen LogP contribution is -2.12. The quantitative estimate of drug-likeness (QED) is 0.674. The molecular weight excluding hydrogens is 338 g/mol. The summed E-state index contributed by atoms with van der Waals surface area (Å²) in [4.78, 5) is 12.5. The molecule has 2 N–H and O–H groups in total. The molecule has 0 fully saturated rings. The third kappa shape index (κ3) is 4.47. The van der Waals surface area contributed by atoms with E-state index < -0.39 is 0 Å². The lowest BCUT2D eigenvalue weighted by Gasteiger charge is -2.10. The van der Waals surface area contributed by atoms with Crippen LogP contribution in [0.1, 0.15) is 44.1 Å². The lowest BCUT2D eigenvalue weighted by atomic mass is 9.97. The van der Waals surface area contributed by atoms with Gasteiger partial charge in [0.25, 0.3) is 5.91 Å². The predicted octanol–water partition coefficient (Wildman–Crippen LogP) is 4.58. The number of hydrogen-bond acceptors (Lipinski definition) is 3. The molecule has 0 unspecified atom stereocenters. The minimum absolute atomic E-state index is 0.0348. The van der Waals surface area contributed by atoms with Crippen molar-refractivity contribution in [3.05, 3.63) is 87.9 Å². The summed E-state index contributed by atoms with van der Waals surface area (Å²) < 4.78 is 5.80. The summed E-state index contributed by atoms with van der Waals surface area (Å²) in [6.45, 7) is 6.33. The molecule has 2 aromatic carbocycles. The number of aliphatic hydroxyl groups excluding tert-OH is 1. The normalized spacial score (nSPS) is 10.8. The largest absolute Gasteiger partial charge is 0.456 e. The van der Waals surface area contributed by atoms with E-state index in [9.17, 15) is 4.79 Å². The van der Waals surface area contributed by atoms with Gasteiger partial charge in [-0.2, -0.15) is 0 Å². The summed E-state index contributed by atoms with van der Waals surface area (Å²) in [6.07, 6.45) is 1.15. The van der Waals surface area contributed by atoms with Gasteiger partial charge in [-0.25, -0.2) is 0 Å². The van der Waals surface area contributed by atoms with E-state index in [0.29, 0.717) is 18.5 Å². The number of aryl methyl sites for hydroxylation is 3. The lowest BCUT2D eigenvalue weighted by molar-refractivity contribution is 0.0995. The Hall–Kier alpha value is -2.85. The van der Waals surface area contributed by atoms with Crippen molar-refractivity contribution < 1.29 is 14.3 Å². The molecule has 3 rings (SSSR count). The average molecular weight is 363 g/mol. The first-order valence-electron chi connectivity index (χ1n) is 9.13. The van der Waals surface area contributed by atoms with Crippen molar-refractivity contribution >= 4 is 11.6 Å². The molecule has 4 nitrogen and oxygen atoms in total. The Morgan fingerprint density at radius 1 is 1.04 bits per heavy atom. The van der Waals surface area contributed by atoms with Gasteiger partial charge in [-0.15, -0.1) is 0 Å². The molecule has 0 bridgehead atoms. The van der Waals surface area contributed by atoms with Gasteiger partial charge < -0.3 is 14.8 Å². The number of aliphatic hydroxyl groups is 1. The van der Waals surface area contributed by atoms with Crippen LogP contribution in [0.3, 0.4) is 0 Å². The molecule has 1 aromatic heterocycles. The van der Waals surface area contributed by atoms with Gasteiger partial charge in [0.2, 0.25) is 0 Å². The zero-order chi connectivity index (χ0) is 19.4. The minimum Gasteiger partial charge on any atom is -0.456 e. The number of anilines is 1. The monoisotopic (exact) mass is 363 g/mol. The molecule has 0 saturated heterocycles. The second kappa shape index (κ2) is 8.23. The van der Waals surface area contributed by atoms with E-state index in [0.717, 1.165) is 11.3 Å². The Morgan fingerprint density at radius 2 is 1.74 bits per heavy atom. The van der Waals surface area contributed by atoms with E-state index in [1.807, 2.05) is 30.3 Å². The summed E-state index contributed by atoms with van der Waals surface area (Å²) in [6, 6.07) is 15.3. The summed E-state index contributed by atoms with van der Waals surface area (Å²) in [5.41, 5.74) is 6.52. The molecule has 0 aliphatic rings. The summed E-state index contributed by atoms with van der Waals surface area (Å²) in [5, 5.41) is 12.0. The van der Waals surface area contributed by atoms with Crippen LogP contribution in [0.4, 0.5) is 5.69 Å². The van der Waals surface area contributed by atoms with Gasteiger partial charge in [-0.3, -0.25) is 4.79 Å². The number of carbonyl (C=O) groups is 1. The van der Waals surface area contributed by atoms with Crippen LogP contribution in [0, 0.1) is 20.8 Å². The smallest absolute Gasteiger partial charge is 0.291 e. The van der Waals surface area contributed by atoms with Crippen LogP contribution < -0.4 is 5.32 Å². The highest BCUT2D eigenvalue weighted by Crippen LogP contribution is 2.22. The van der Waals surface area contributed by atoms with Crippen molar-refractivity contribution in [2.75, 3.05) is 11.9 Å². The van der Waals surface area contributed by atoms with Gasteiger partial charge >= 0.3 is 0 Å². The maximum atomic E-state index is 12.5. The maximum Gasteiger partial charge on any atom is 0.291 e. The van der Waals surface area contributed by atoms with Gasteiger partial charge in [-0.1, -0.05) is 35.9 Å². The van der Waals surface area contributed by atoms with Crippen LogP contribution >= 0.6 is 0 Å². The second-order valence-electron chi connectivity index (χ2n) is 6.90. The van der Waals surface area contributed by atoms with Crippen molar-refractivity contribution in [1.29, 1.82) is 0 Å². The molecule has 0 spiro atoms. The van der Waals surface area contributed by atoms with Crippen molar-refractivity contribution in [2.45, 2.75) is 33.6 Å². The third-order valence-electron chi connectivity index (χ3n) is 4.72. The standard InChI is InChI=1S/C23H25NO3/c1-15-12-16(2)20(17(3)13-15)14-19-8-9-22(27-19)23(26)24-21-7-5-4-6-18(21)10-11-25/h4-9,12-13,25H,10-11,14H2,1-3H3,(H,24,26). The second-order valence-corrected chi connectivity index (χ2v) is 6.90. The van der Waals surface area contributed by atoms with E-state index in [1.165, 1.54) is 22.3 Å². The van der Waals surface area contributed by atoms with Gasteiger partial charge in [0, 0.05) is 18.7 Å². The number of rotatable bonds is 6. The first kappa shape index (κ1) is 18.9. The average Bonchev–Trinajstić information content (AvgIpc) is 3.09. The molecule has 140 valence electrons. The Balaban J connectivity index is 1.75. The Labute approximate surface area is 159 Å². The summed E-state index contributed by atoms with van der Waals surface area (Å²) in [7, 11) is 0. The molecule has 0 aliphatic heterocycles. The predicted molar refractivity (Wildman–Crippen MR) is 107 cm³/mol. The van der Waals surface area contributed by atoms with Crippen molar-refractivity contribution in [1.82, 2.24) is 0 Å². The zero-order valence-electron chi connectivity index (χ0n) is 16.0. The molecule has 0 radical (unpaired) electrons. The first-order chi connectivity index (χ1) is 13.0. The number of furan rings is 1. The van der Waals surface area contributed by atoms with Gasteiger partial charge in [-0.05, 0) is 67.6 Å².